The van der Waals surface area contributed by atoms with Crippen molar-refractivity contribution in [1.29, 1.82) is 0 Å². The van der Waals surface area contributed by atoms with Crippen molar-refractivity contribution in [3.8, 4) is 5.75 Å². The van der Waals surface area contributed by atoms with Crippen LogP contribution in [-0.4, -0.2) is 10.9 Å². The van der Waals surface area contributed by atoms with E-state index >= 15 is 0 Å². The Bertz CT molecular complexity index is 681. The molecule has 0 bridgehead atoms. The summed E-state index contributed by atoms with van der Waals surface area (Å²) in [7, 11) is 0. The molecular formula is C15H12O4. The van der Waals surface area contributed by atoms with Crippen LogP contribution in [0.25, 0.3) is 6.08 Å². The molecule has 96 valence electrons. The van der Waals surface area contributed by atoms with E-state index in [0.29, 0.717) is 0 Å². The van der Waals surface area contributed by atoms with Crippen LogP contribution >= 0.6 is 0 Å². The summed E-state index contributed by atoms with van der Waals surface area (Å²) in [6.07, 6.45) is 2.80. The van der Waals surface area contributed by atoms with Gasteiger partial charge < -0.3 is 9.52 Å². The van der Waals surface area contributed by atoms with Crippen LogP contribution in [0.4, 0.5) is 0 Å². The van der Waals surface area contributed by atoms with E-state index in [1.165, 1.54) is 19.1 Å². The van der Waals surface area contributed by atoms with E-state index in [1.807, 2.05) is 30.3 Å². The summed E-state index contributed by atoms with van der Waals surface area (Å²) in [6, 6.07) is 10.4. The lowest BCUT2D eigenvalue weighted by Crippen LogP contribution is -2.12. The minimum absolute atomic E-state index is 0.256. The van der Waals surface area contributed by atoms with Crippen molar-refractivity contribution in [1.82, 2.24) is 0 Å². The number of hydrogen-bond acceptors (Lipinski definition) is 4. The van der Waals surface area contributed by atoms with E-state index in [9.17, 15) is 14.7 Å². The van der Waals surface area contributed by atoms with Crippen LogP contribution in [0.15, 0.2) is 51.7 Å². The van der Waals surface area contributed by atoms with E-state index in [4.69, 9.17) is 4.42 Å². The first-order valence-corrected chi connectivity index (χ1v) is 5.69. The average Bonchev–Trinajstić information content (AvgIpc) is 2.36. The van der Waals surface area contributed by atoms with E-state index in [2.05, 4.69) is 0 Å². The molecule has 19 heavy (non-hydrogen) atoms. The maximum absolute atomic E-state index is 11.9. The first kappa shape index (κ1) is 12.8. The number of aryl methyl sites for hydroxylation is 1. The highest BCUT2D eigenvalue weighted by atomic mass is 16.4. The molecule has 0 aliphatic rings. The molecule has 0 radical (unpaired) electrons. The molecule has 4 heteroatoms. The fourth-order valence-electron chi connectivity index (χ4n) is 1.64. The van der Waals surface area contributed by atoms with Crippen LogP contribution in [0.1, 0.15) is 21.7 Å². The molecular weight excluding hydrogens is 244 g/mol. The summed E-state index contributed by atoms with van der Waals surface area (Å²) in [6.45, 7) is 1.52. The molecule has 0 aliphatic carbocycles. The average molecular weight is 256 g/mol. The second-order valence-corrected chi connectivity index (χ2v) is 4.01. The molecule has 0 spiro atoms. The van der Waals surface area contributed by atoms with Gasteiger partial charge in [-0.2, -0.15) is 0 Å². The number of ketones is 1. The Labute approximate surface area is 109 Å². The van der Waals surface area contributed by atoms with Crippen molar-refractivity contribution in [2.24, 2.45) is 0 Å². The van der Waals surface area contributed by atoms with Crippen LogP contribution in [0.3, 0.4) is 0 Å². The maximum Gasteiger partial charge on any atom is 0.351 e. The molecule has 0 atom stereocenters. The van der Waals surface area contributed by atoms with Crippen LogP contribution in [-0.2, 0) is 0 Å². The number of hydrogen-bond donors (Lipinski definition) is 1. The Kier molecular flexibility index (Phi) is 3.61. The number of carbonyl (C=O) groups is 1. The van der Waals surface area contributed by atoms with Crippen molar-refractivity contribution in [3.05, 3.63) is 69.8 Å². The third kappa shape index (κ3) is 2.98. The van der Waals surface area contributed by atoms with Gasteiger partial charge in [-0.1, -0.05) is 36.4 Å². The SMILES string of the molecule is Cc1cc(O)c(C(=O)C=Cc2ccccc2)c(=O)o1. The van der Waals surface area contributed by atoms with Crippen LogP contribution in [0.2, 0.25) is 0 Å². The zero-order valence-electron chi connectivity index (χ0n) is 10.3. The summed E-state index contributed by atoms with van der Waals surface area (Å²) in [5.74, 6) is -0.697. The highest BCUT2D eigenvalue weighted by Crippen LogP contribution is 2.15. The highest BCUT2D eigenvalue weighted by molar-refractivity contribution is 6.08. The number of aromatic hydroxyl groups is 1. The van der Waals surface area contributed by atoms with Crippen LogP contribution in [0, 0.1) is 6.92 Å². The van der Waals surface area contributed by atoms with E-state index in [0.717, 1.165) is 5.56 Å². The first-order valence-electron chi connectivity index (χ1n) is 5.69. The van der Waals surface area contributed by atoms with E-state index in [1.54, 1.807) is 6.08 Å². The van der Waals surface area contributed by atoms with Gasteiger partial charge in [0, 0.05) is 6.07 Å². The smallest absolute Gasteiger partial charge is 0.351 e. The molecule has 0 aliphatic heterocycles. The van der Waals surface area contributed by atoms with Gasteiger partial charge >= 0.3 is 5.63 Å². The summed E-state index contributed by atoms with van der Waals surface area (Å²) in [5.41, 5.74) is -0.357. The largest absolute Gasteiger partial charge is 0.507 e. The topological polar surface area (TPSA) is 67.5 Å². The summed E-state index contributed by atoms with van der Waals surface area (Å²) >= 11 is 0. The fraction of sp³-hybridized carbons (Fsp3) is 0.0667. The van der Waals surface area contributed by atoms with Gasteiger partial charge in [-0.05, 0) is 18.6 Å². The molecule has 1 aromatic heterocycles. The number of rotatable bonds is 3. The molecule has 0 saturated heterocycles. The Hall–Kier alpha value is -2.62. The minimum Gasteiger partial charge on any atom is -0.507 e. The fourth-order valence-corrected chi connectivity index (χ4v) is 1.64. The third-order valence-corrected chi connectivity index (χ3v) is 2.53. The summed E-state index contributed by atoms with van der Waals surface area (Å²) in [5, 5.41) is 9.63. The molecule has 0 unspecified atom stereocenters. The van der Waals surface area contributed by atoms with E-state index < -0.39 is 11.4 Å². The lowest BCUT2D eigenvalue weighted by atomic mass is 10.1. The lowest BCUT2D eigenvalue weighted by molar-refractivity contribution is 0.104. The first-order chi connectivity index (χ1) is 9.08. The van der Waals surface area contributed by atoms with Crippen LogP contribution < -0.4 is 5.63 Å². The molecule has 4 nitrogen and oxygen atoms in total. The molecule has 1 aromatic carbocycles. The molecule has 0 amide bonds. The van der Waals surface area contributed by atoms with Crippen molar-refractivity contribution >= 4 is 11.9 Å². The van der Waals surface area contributed by atoms with Gasteiger partial charge in [0.2, 0.25) is 0 Å². The Morgan fingerprint density at radius 3 is 2.58 bits per heavy atom. The lowest BCUT2D eigenvalue weighted by Gasteiger charge is -1.99. The van der Waals surface area contributed by atoms with Gasteiger partial charge in [0.15, 0.2) is 5.78 Å². The molecule has 2 rings (SSSR count). The molecule has 1 heterocycles. The maximum atomic E-state index is 11.9. The second kappa shape index (κ2) is 5.35. The zero-order valence-corrected chi connectivity index (χ0v) is 10.3. The van der Waals surface area contributed by atoms with Gasteiger partial charge in [0.1, 0.15) is 17.1 Å². The van der Waals surface area contributed by atoms with Gasteiger partial charge in [-0.3, -0.25) is 4.79 Å². The minimum atomic E-state index is -0.833. The van der Waals surface area contributed by atoms with Gasteiger partial charge in [-0.25, -0.2) is 4.79 Å². The summed E-state index contributed by atoms with van der Waals surface area (Å²) < 4.78 is 4.79. The highest BCUT2D eigenvalue weighted by Gasteiger charge is 2.15. The predicted octanol–water partition coefficient (Wildman–Crippen LogP) is 2.55. The second-order valence-electron chi connectivity index (χ2n) is 4.01. The Morgan fingerprint density at radius 1 is 1.26 bits per heavy atom. The van der Waals surface area contributed by atoms with Crippen molar-refractivity contribution < 1.29 is 14.3 Å². The molecule has 2 aromatic rings. The van der Waals surface area contributed by atoms with Crippen molar-refractivity contribution in [3.63, 3.8) is 0 Å². The van der Waals surface area contributed by atoms with Crippen molar-refractivity contribution in [2.75, 3.05) is 0 Å². The summed E-state index contributed by atoms with van der Waals surface area (Å²) in [4.78, 5) is 23.4. The molecule has 0 saturated carbocycles. The Balaban J connectivity index is 2.31. The van der Waals surface area contributed by atoms with Crippen LogP contribution in [0.5, 0.6) is 5.75 Å². The zero-order chi connectivity index (χ0) is 13.8. The standard InChI is InChI=1S/C15H12O4/c1-10-9-13(17)14(15(18)19-10)12(16)8-7-11-5-3-2-4-6-11/h2-9,17H,1H3. The number of allylic oxidation sites excluding steroid dienone is 1. The monoisotopic (exact) mass is 256 g/mol. The Morgan fingerprint density at radius 2 is 1.95 bits per heavy atom. The number of carbonyl (C=O) groups excluding carboxylic acids is 1. The molecule has 0 fully saturated rings. The van der Waals surface area contributed by atoms with Gasteiger partial charge in [0.25, 0.3) is 0 Å². The van der Waals surface area contributed by atoms with Gasteiger partial charge in [0.05, 0.1) is 0 Å². The predicted molar refractivity (Wildman–Crippen MR) is 71.2 cm³/mol. The van der Waals surface area contributed by atoms with Gasteiger partial charge in [-0.15, -0.1) is 0 Å². The quantitative estimate of drug-likeness (QED) is 0.677. The number of benzene rings is 1. The normalized spacial score (nSPS) is 10.8. The van der Waals surface area contributed by atoms with Crippen molar-refractivity contribution in [2.45, 2.75) is 6.92 Å². The van der Waals surface area contributed by atoms with E-state index in [-0.39, 0.29) is 17.1 Å². The third-order valence-electron chi connectivity index (χ3n) is 2.53. The molecule has 1 N–H and O–H groups in total.